The first kappa shape index (κ1) is 37.9. The van der Waals surface area contributed by atoms with Gasteiger partial charge in [0, 0.05) is 0 Å². The number of rotatable bonds is 18. The number of unbranched alkanes of at least 4 members (excludes halogenated alkanes) is 4. The number of carbonyl (C=O) groups is 1. The van der Waals surface area contributed by atoms with E-state index in [1.165, 1.54) is 77.5 Å². The van der Waals surface area contributed by atoms with Gasteiger partial charge in [0.1, 0.15) is 12.2 Å². The third-order valence-corrected chi connectivity index (χ3v) is 12.2. The van der Waals surface area contributed by atoms with E-state index in [4.69, 9.17) is 9.47 Å². The van der Waals surface area contributed by atoms with Crippen LogP contribution in [-0.2, 0) is 9.47 Å². The first-order chi connectivity index (χ1) is 22.5. The summed E-state index contributed by atoms with van der Waals surface area (Å²) in [5.41, 5.74) is 0. The quantitative estimate of drug-likeness (QED) is 0.140. The highest BCUT2D eigenvalue weighted by molar-refractivity contribution is 5.60. The van der Waals surface area contributed by atoms with Gasteiger partial charge in [-0.15, -0.1) is 0 Å². The molecule has 4 rings (SSSR count). The van der Waals surface area contributed by atoms with Crippen LogP contribution >= 0.6 is 0 Å². The number of hydrogen-bond acceptors (Lipinski definition) is 7. The monoisotopic (exact) mass is 647 g/mol. The van der Waals surface area contributed by atoms with E-state index in [0.29, 0.717) is 23.7 Å². The molecule has 0 aromatic carbocycles. The van der Waals surface area contributed by atoms with Crippen molar-refractivity contribution in [2.75, 3.05) is 78.5 Å². The lowest BCUT2D eigenvalue weighted by atomic mass is 9.79. The van der Waals surface area contributed by atoms with Gasteiger partial charge in [-0.05, 0) is 179 Å². The number of ether oxygens (including phenoxy) is 2. The molecule has 4 aliphatic heterocycles. The molecule has 0 saturated carbocycles. The Labute approximate surface area is 284 Å². The molecule has 4 aliphatic rings. The fraction of sp³-hybridized carbons (Fsp3) is 0.974. The predicted octanol–water partition coefficient (Wildman–Crippen LogP) is 7.93. The highest BCUT2D eigenvalue weighted by Gasteiger charge is 2.40. The Morgan fingerprint density at radius 3 is 0.870 bits per heavy atom. The van der Waals surface area contributed by atoms with Gasteiger partial charge in [0.25, 0.3) is 0 Å². The summed E-state index contributed by atoms with van der Waals surface area (Å²) in [5.74, 6) is 1.83. The number of carbonyl (C=O) groups excluding carboxylic acids is 1. The summed E-state index contributed by atoms with van der Waals surface area (Å²) < 4.78 is 13.2. The van der Waals surface area contributed by atoms with Crippen LogP contribution in [0.4, 0.5) is 4.79 Å². The SMILES string of the molecule is CCCCN1CCC(C(OC(=O)OC(C2CCN(CCCC)CC2)C2CCN(CCCC)CC2)C2CCN(CCCC)CC2)CC1. The molecular formula is C39H74N4O3. The molecule has 4 saturated heterocycles. The van der Waals surface area contributed by atoms with Crippen molar-refractivity contribution in [1.82, 2.24) is 19.6 Å². The minimum Gasteiger partial charge on any atom is -0.430 e. The van der Waals surface area contributed by atoms with Crippen molar-refractivity contribution in [3.63, 3.8) is 0 Å². The molecule has 0 spiro atoms. The normalized spacial score (nSPS) is 23.1. The van der Waals surface area contributed by atoms with Gasteiger partial charge in [0.2, 0.25) is 0 Å². The maximum atomic E-state index is 14.0. The van der Waals surface area contributed by atoms with Crippen LogP contribution in [0.15, 0.2) is 0 Å². The summed E-state index contributed by atoms with van der Waals surface area (Å²) in [7, 11) is 0. The molecule has 0 aromatic heterocycles. The van der Waals surface area contributed by atoms with Crippen molar-refractivity contribution in [3.8, 4) is 0 Å². The van der Waals surface area contributed by atoms with Crippen molar-refractivity contribution < 1.29 is 14.3 Å². The van der Waals surface area contributed by atoms with Gasteiger partial charge in [-0.3, -0.25) is 0 Å². The largest absolute Gasteiger partial charge is 0.508 e. The third kappa shape index (κ3) is 12.2. The molecule has 0 aromatic rings. The van der Waals surface area contributed by atoms with E-state index in [1.807, 2.05) is 0 Å². The molecule has 0 unspecified atom stereocenters. The summed E-state index contributed by atoms with van der Waals surface area (Å²) in [4.78, 5) is 24.5. The van der Waals surface area contributed by atoms with Gasteiger partial charge >= 0.3 is 6.16 Å². The average Bonchev–Trinajstić information content (AvgIpc) is 3.10. The first-order valence-electron chi connectivity index (χ1n) is 20.3. The first-order valence-corrected chi connectivity index (χ1v) is 20.3. The third-order valence-electron chi connectivity index (χ3n) is 12.2. The smallest absolute Gasteiger partial charge is 0.430 e. The molecular weight excluding hydrogens is 572 g/mol. The van der Waals surface area contributed by atoms with Crippen LogP contribution in [0.3, 0.4) is 0 Å². The fourth-order valence-electron chi connectivity index (χ4n) is 8.95. The van der Waals surface area contributed by atoms with Crippen molar-refractivity contribution >= 4 is 6.16 Å². The second kappa shape index (κ2) is 21.3. The Morgan fingerprint density at radius 1 is 0.457 bits per heavy atom. The zero-order valence-corrected chi connectivity index (χ0v) is 30.8. The van der Waals surface area contributed by atoms with Gasteiger partial charge in [-0.2, -0.15) is 0 Å². The second-order valence-electron chi connectivity index (χ2n) is 15.5. The minimum atomic E-state index is -0.348. The Kier molecular flexibility index (Phi) is 17.5. The second-order valence-corrected chi connectivity index (χ2v) is 15.5. The van der Waals surface area contributed by atoms with Crippen LogP contribution in [0.1, 0.15) is 130 Å². The van der Waals surface area contributed by atoms with Gasteiger partial charge in [-0.1, -0.05) is 53.4 Å². The van der Waals surface area contributed by atoms with Crippen LogP contribution in [0.25, 0.3) is 0 Å². The molecule has 0 atom stereocenters. The Bertz CT molecular complexity index is 677. The maximum absolute atomic E-state index is 14.0. The van der Waals surface area contributed by atoms with Crippen LogP contribution < -0.4 is 0 Å². The van der Waals surface area contributed by atoms with Crippen LogP contribution in [0, 0.1) is 23.7 Å². The van der Waals surface area contributed by atoms with Crippen LogP contribution in [-0.4, -0.2) is 117 Å². The van der Waals surface area contributed by atoms with Gasteiger partial charge in [-0.25, -0.2) is 4.79 Å². The van der Waals surface area contributed by atoms with E-state index in [1.54, 1.807) is 0 Å². The van der Waals surface area contributed by atoms with Crippen molar-refractivity contribution in [3.05, 3.63) is 0 Å². The zero-order chi connectivity index (χ0) is 32.6. The van der Waals surface area contributed by atoms with Crippen molar-refractivity contribution in [1.29, 1.82) is 0 Å². The lowest BCUT2D eigenvalue weighted by Crippen LogP contribution is -2.48. The van der Waals surface area contributed by atoms with E-state index < -0.39 is 0 Å². The Balaban J connectivity index is 1.40. The summed E-state index contributed by atoms with van der Waals surface area (Å²) in [6, 6.07) is 0. The Morgan fingerprint density at radius 2 is 0.674 bits per heavy atom. The van der Waals surface area contributed by atoms with E-state index in [-0.39, 0.29) is 18.4 Å². The summed E-state index contributed by atoms with van der Waals surface area (Å²) in [5, 5.41) is 0. The van der Waals surface area contributed by atoms with Crippen LogP contribution in [0.2, 0.25) is 0 Å². The van der Waals surface area contributed by atoms with Crippen molar-refractivity contribution in [2.24, 2.45) is 23.7 Å². The predicted molar refractivity (Wildman–Crippen MR) is 191 cm³/mol. The molecule has 4 fully saturated rings. The van der Waals surface area contributed by atoms with E-state index >= 15 is 0 Å². The summed E-state index contributed by atoms with van der Waals surface area (Å²) in [6.45, 7) is 23.1. The minimum absolute atomic E-state index is 0.00147. The van der Waals surface area contributed by atoms with Crippen LogP contribution in [0.5, 0.6) is 0 Å². The van der Waals surface area contributed by atoms with Gasteiger partial charge in [0.05, 0.1) is 0 Å². The molecule has 0 N–H and O–H groups in total. The van der Waals surface area contributed by atoms with E-state index in [9.17, 15) is 4.79 Å². The number of likely N-dealkylation sites (tertiary alicyclic amines) is 4. The van der Waals surface area contributed by atoms with Gasteiger partial charge < -0.3 is 29.1 Å². The molecule has 4 heterocycles. The molecule has 0 amide bonds. The molecule has 46 heavy (non-hydrogen) atoms. The summed E-state index contributed by atoms with van der Waals surface area (Å²) >= 11 is 0. The number of piperidine rings is 4. The maximum Gasteiger partial charge on any atom is 0.508 e. The lowest BCUT2D eigenvalue weighted by molar-refractivity contribution is -0.0868. The average molecular weight is 647 g/mol. The molecule has 7 nitrogen and oxygen atoms in total. The standard InChI is InChI=1S/C39H74N4O3/c1-5-9-21-40-25-13-33(14-26-40)37(34-15-27-41(28-16-34)22-10-6-2)45-39(44)46-38(35-17-29-42(30-18-35)23-11-7-3)36-19-31-43(32-20-36)24-12-8-4/h33-38H,5-32H2,1-4H3. The van der Waals surface area contributed by atoms with E-state index in [2.05, 4.69) is 47.3 Å². The molecule has 0 bridgehead atoms. The molecule has 0 radical (unpaired) electrons. The van der Waals surface area contributed by atoms with Gasteiger partial charge in [0.15, 0.2) is 0 Å². The molecule has 7 heteroatoms. The summed E-state index contributed by atoms with van der Waals surface area (Å²) in [6.07, 6.45) is 19.0. The topological polar surface area (TPSA) is 48.5 Å². The number of nitrogens with zero attached hydrogens (tertiary/aromatic N) is 4. The number of hydrogen-bond donors (Lipinski definition) is 0. The van der Waals surface area contributed by atoms with E-state index in [0.717, 1.165) is 104 Å². The Hall–Kier alpha value is -0.890. The molecule has 268 valence electrons. The molecule has 0 aliphatic carbocycles. The highest BCUT2D eigenvalue weighted by atomic mass is 16.7. The fourth-order valence-corrected chi connectivity index (χ4v) is 8.95. The lowest BCUT2D eigenvalue weighted by Gasteiger charge is -2.43. The zero-order valence-electron chi connectivity index (χ0n) is 30.8. The highest BCUT2D eigenvalue weighted by Crippen LogP contribution is 2.36. The van der Waals surface area contributed by atoms with Crippen molar-refractivity contribution in [2.45, 2.75) is 143 Å².